The summed E-state index contributed by atoms with van der Waals surface area (Å²) >= 11 is 0. The van der Waals surface area contributed by atoms with E-state index in [1.807, 2.05) is 6.21 Å². The molecule has 3 aliphatic rings. The molecule has 1 spiro atoms. The standard InChI is InChI=1S/C20H23N5/c1-13-19(24-17-12-22-11-16(17)23-13)25-8-6-20(7-9-25)10-14-4-2-3-5-15(14)18(20)21/h2-5,11,18H,6-10,12,21H2,1H3/t18-/m1/s1. The van der Waals surface area contributed by atoms with Crippen LogP contribution in [-0.2, 0) is 13.0 Å². The molecule has 2 N–H and O–H groups in total. The van der Waals surface area contributed by atoms with Gasteiger partial charge in [0.25, 0.3) is 0 Å². The average molecular weight is 333 g/mol. The Kier molecular flexibility index (Phi) is 3.22. The molecule has 1 aromatic carbocycles. The molecule has 128 valence electrons. The minimum Gasteiger partial charge on any atom is -0.355 e. The lowest BCUT2D eigenvalue weighted by Gasteiger charge is -2.42. The lowest BCUT2D eigenvalue weighted by atomic mass is 9.73. The monoisotopic (exact) mass is 333 g/mol. The van der Waals surface area contributed by atoms with Crippen molar-refractivity contribution >= 4 is 12.0 Å². The first-order chi connectivity index (χ1) is 12.2. The number of anilines is 1. The van der Waals surface area contributed by atoms with Crippen LogP contribution in [0.15, 0.2) is 29.3 Å². The van der Waals surface area contributed by atoms with Gasteiger partial charge in [0.15, 0.2) is 0 Å². The fourth-order valence-corrected chi connectivity index (χ4v) is 4.77. The Morgan fingerprint density at radius 1 is 1.16 bits per heavy atom. The zero-order valence-corrected chi connectivity index (χ0v) is 14.6. The molecule has 0 amide bonds. The average Bonchev–Trinajstić information content (AvgIpc) is 3.18. The van der Waals surface area contributed by atoms with Crippen molar-refractivity contribution in [3.05, 3.63) is 52.5 Å². The molecule has 1 aliphatic carbocycles. The predicted molar refractivity (Wildman–Crippen MR) is 99.0 cm³/mol. The van der Waals surface area contributed by atoms with E-state index in [0.29, 0.717) is 6.54 Å². The number of hydrogen-bond donors (Lipinski definition) is 1. The van der Waals surface area contributed by atoms with Gasteiger partial charge in [-0.05, 0) is 42.7 Å². The van der Waals surface area contributed by atoms with E-state index in [1.54, 1.807) is 0 Å². The van der Waals surface area contributed by atoms with E-state index in [9.17, 15) is 0 Å². The molecule has 5 nitrogen and oxygen atoms in total. The van der Waals surface area contributed by atoms with Crippen molar-refractivity contribution in [3.63, 3.8) is 0 Å². The van der Waals surface area contributed by atoms with Gasteiger partial charge in [0.05, 0.1) is 17.9 Å². The van der Waals surface area contributed by atoms with Gasteiger partial charge in [-0.2, -0.15) is 0 Å². The fraction of sp³-hybridized carbons (Fsp3) is 0.450. The molecule has 0 saturated carbocycles. The largest absolute Gasteiger partial charge is 0.355 e. The number of benzene rings is 1. The van der Waals surface area contributed by atoms with Crippen molar-refractivity contribution in [2.45, 2.75) is 38.8 Å². The van der Waals surface area contributed by atoms with Crippen LogP contribution in [0.5, 0.6) is 0 Å². The number of aliphatic imine (C=N–C) groups is 1. The van der Waals surface area contributed by atoms with E-state index >= 15 is 0 Å². The number of nitrogens with two attached hydrogens (primary N) is 1. The number of fused-ring (bicyclic) bond motifs is 2. The minimum atomic E-state index is 0.159. The van der Waals surface area contributed by atoms with Crippen LogP contribution in [0.4, 0.5) is 5.82 Å². The van der Waals surface area contributed by atoms with Crippen molar-refractivity contribution < 1.29 is 0 Å². The van der Waals surface area contributed by atoms with Crippen molar-refractivity contribution in [2.24, 2.45) is 16.1 Å². The van der Waals surface area contributed by atoms with Gasteiger partial charge in [-0.1, -0.05) is 24.3 Å². The molecule has 5 rings (SSSR count). The maximum Gasteiger partial charge on any atom is 0.150 e. The summed E-state index contributed by atoms with van der Waals surface area (Å²) in [5.41, 5.74) is 12.6. The Hall–Kier alpha value is -2.27. The molecule has 1 aromatic heterocycles. The Balaban J connectivity index is 1.38. The van der Waals surface area contributed by atoms with E-state index in [2.05, 4.69) is 46.1 Å². The lowest BCUT2D eigenvalue weighted by molar-refractivity contribution is 0.187. The van der Waals surface area contributed by atoms with E-state index < -0.39 is 0 Å². The van der Waals surface area contributed by atoms with Gasteiger partial charge in [-0.15, -0.1) is 0 Å². The third-order valence-corrected chi connectivity index (χ3v) is 6.25. The second kappa shape index (κ2) is 5.36. The highest BCUT2D eigenvalue weighted by Gasteiger charge is 2.46. The SMILES string of the molecule is Cc1nc2c(nc1N1CCC3(CC1)Cc1ccccc1[C@H]3N)CN=C2. The third kappa shape index (κ3) is 2.22. The Morgan fingerprint density at radius 3 is 2.76 bits per heavy atom. The molecule has 2 aromatic rings. The van der Waals surface area contributed by atoms with Crippen molar-refractivity contribution in [2.75, 3.05) is 18.0 Å². The summed E-state index contributed by atoms with van der Waals surface area (Å²) in [5, 5.41) is 0. The molecule has 3 heterocycles. The first-order valence-corrected chi connectivity index (χ1v) is 9.12. The van der Waals surface area contributed by atoms with Crippen LogP contribution in [-0.4, -0.2) is 29.3 Å². The van der Waals surface area contributed by atoms with E-state index in [1.165, 1.54) is 11.1 Å². The second-order valence-corrected chi connectivity index (χ2v) is 7.64. The molecule has 0 unspecified atom stereocenters. The van der Waals surface area contributed by atoms with Gasteiger partial charge < -0.3 is 10.6 Å². The summed E-state index contributed by atoms with van der Waals surface area (Å²) in [5.74, 6) is 1.03. The Bertz CT molecular complexity index is 864. The first kappa shape index (κ1) is 15.0. The highest BCUT2D eigenvalue weighted by Crippen LogP contribution is 2.51. The van der Waals surface area contributed by atoms with Crippen molar-refractivity contribution in [3.8, 4) is 0 Å². The number of aromatic nitrogens is 2. The molecule has 2 aliphatic heterocycles. The molecule has 0 radical (unpaired) electrons. The topological polar surface area (TPSA) is 67.4 Å². The zero-order chi connectivity index (χ0) is 17.0. The number of hydrogen-bond acceptors (Lipinski definition) is 5. The van der Waals surface area contributed by atoms with Crippen LogP contribution in [0.1, 0.15) is 47.1 Å². The maximum absolute atomic E-state index is 6.68. The molecule has 1 fully saturated rings. The van der Waals surface area contributed by atoms with Gasteiger partial charge in [-0.25, -0.2) is 9.97 Å². The van der Waals surface area contributed by atoms with Crippen LogP contribution < -0.4 is 10.6 Å². The van der Waals surface area contributed by atoms with Crippen molar-refractivity contribution in [1.29, 1.82) is 0 Å². The minimum absolute atomic E-state index is 0.159. The molecule has 25 heavy (non-hydrogen) atoms. The van der Waals surface area contributed by atoms with Gasteiger partial charge in [0.2, 0.25) is 0 Å². The summed E-state index contributed by atoms with van der Waals surface area (Å²) in [7, 11) is 0. The number of aryl methyl sites for hydroxylation is 1. The predicted octanol–water partition coefficient (Wildman–Crippen LogP) is 2.56. The lowest BCUT2D eigenvalue weighted by Crippen LogP contribution is -2.45. The third-order valence-electron chi connectivity index (χ3n) is 6.25. The van der Waals surface area contributed by atoms with E-state index in [4.69, 9.17) is 10.7 Å². The van der Waals surface area contributed by atoms with Gasteiger partial charge >= 0.3 is 0 Å². The van der Waals surface area contributed by atoms with Gasteiger partial charge in [0, 0.05) is 25.3 Å². The van der Waals surface area contributed by atoms with Crippen LogP contribution in [0, 0.1) is 12.3 Å². The van der Waals surface area contributed by atoms with Crippen LogP contribution in [0.3, 0.4) is 0 Å². The Labute approximate surface area is 148 Å². The van der Waals surface area contributed by atoms with E-state index in [-0.39, 0.29) is 11.5 Å². The number of nitrogens with zero attached hydrogens (tertiary/aromatic N) is 4. The second-order valence-electron chi connectivity index (χ2n) is 7.64. The molecule has 1 atom stereocenters. The summed E-state index contributed by atoms with van der Waals surface area (Å²) < 4.78 is 0. The summed E-state index contributed by atoms with van der Waals surface area (Å²) in [6.07, 6.45) is 5.16. The first-order valence-electron chi connectivity index (χ1n) is 9.12. The van der Waals surface area contributed by atoms with Crippen LogP contribution in [0.2, 0.25) is 0 Å². The van der Waals surface area contributed by atoms with Gasteiger partial charge in [-0.3, -0.25) is 4.99 Å². The van der Waals surface area contributed by atoms with Crippen LogP contribution in [0.25, 0.3) is 0 Å². The maximum atomic E-state index is 6.68. The summed E-state index contributed by atoms with van der Waals surface area (Å²) in [6, 6.07) is 8.85. The summed E-state index contributed by atoms with van der Waals surface area (Å²) in [6.45, 7) is 4.71. The van der Waals surface area contributed by atoms with Crippen LogP contribution >= 0.6 is 0 Å². The molecular weight excluding hydrogens is 310 g/mol. The number of piperidine rings is 1. The highest BCUT2D eigenvalue weighted by molar-refractivity contribution is 5.81. The summed E-state index contributed by atoms with van der Waals surface area (Å²) in [4.78, 5) is 16.2. The smallest absolute Gasteiger partial charge is 0.150 e. The Morgan fingerprint density at radius 2 is 1.96 bits per heavy atom. The molecule has 0 bridgehead atoms. The van der Waals surface area contributed by atoms with Crippen molar-refractivity contribution in [1.82, 2.24) is 9.97 Å². The molecule has 1 saturated heterocycles. The fourth-order valence-electron chi connectivity index (χ4n) is 4.77. The highest BCUT2D eigenvalue weighted by atomic mass is 15.2. The zero-order valence-electron chi connectivity index (χ0n) is 14.6. The molecule has 5 heteroatoms. The number of rotatable bonds is 1. The molecular formula is C20H23N5. The van der Waals surface area contributed by atoms with Gasteiger partial charge in [0.1, 0.15) is 11.5 Å². The van der Waals surface area contributed by atoms with E-state index in [0.717, 1.165) is 55.3 Å². The normalized spacial score (nSPS) is 23.1. The quantitative estimate of drug-likeness (QED) is 0.871.